The van der Waals surface area contributed by atoms with E-state index in [1.165, 1.54) is 32.1 Å². The fourth-order valence-corrected chi connectivity index (χ4v) is 5.17. The molecule has 1 atom stereocenters. The summed E-state index contributed by atoms with van der Waals surface area (Å²) in [7, 11) is 0. The lowest BCUT2D eigenvalue weighted by Gasteiger charge is -2.40. The van der Waals surface area contributed by atoms with Crippen LogP contribution < -0.4 is 15.7 Å². The molecule has 1 saturated carbocycles. The Balaban J connectivity index is 1.31. The minimum Gasteiger partial charge on any atom is -0.444 e. The third-order valence-corrected chi connectivity index (χ3v) is 7.17. The predicted octanol–water partition coefficient (Wildman–Crippen LogP) is 4.57. The second-order valence-electron chi connectivity index (χ2n) is 11.5. The molecule has 0 aromatic carbocycles. The van der Waals surface area contributed by atoms with Gasteiger partial charge in [-0.3, -0.25) is 10.0 Å². The maximum absolute atomic E-state index is 11.9. The Morgan fingerprint density at radius 1 is 1.21 bits per heavy atom. The lowest BCUT2D eigenvalue weighted by molar-refractivity contribution is -0.129. The van der Waals surface area contributed by atoms with Crippen LogP contribution in [0.15, 0.2) is 22.9 Å². The zero-order valence-electron chi connectivity index (χ0n) is 22.6. The minimum atomic E-state index is -0.528. The van der Waals surface area contributed by atoms with Crippen LogP contribution >= 0.6 is 0 Å². The number of rotatable bonds is 10. The number of hydroxylamine groups is 1. The van der Waals surface area contributed by atoms with Crippen molar-refractivity contribution in [3.63, 3.8) is 0 Å². The molecule has 0 spiro atoms. The van der Waals surface area contributed by atoms with Gasteiger partial charge >= 0.3 is 6.09 Å². The molecular weight excluding hydrogens is 488 g/mol. The van der Waals surface area contributed by atoms with Crippen LogP contribution in [0.25, 0.3) is 11.4 Å². The van der Waals surface area contributed by atoms with Crippen molar-refractivity contribution >= 4 is 17.8 Å². The molecule has 11 nitrogen and oxygen atoms in total. The molecule has 1 aliphatic heterocycles. The Morgan fingerprint density at radius 3 is 2.63 bits per heavy atom. The molecule has 11 heteroatoms. The number of nitrogens with zero attached hydrogens (tertiary/aromatic N) is 4. The molecule has 2 aliphatic rings. The molecule has 0 unspecified atom stereocenters. The summed E-state index contributed by atoms with van der Waals surface area (Å²) in [4.78, 5) is 35.0. The van der Waals surface area contributed by atoms with Crippen molar-refractivity contribution in [3.05, 3.63) is 24.2 Å². The molecule has 3 N–H and O–H groups in total. The standard InChI is InChI=1S/C27H40N6O5/c1-27(2,3)37-26(35)29-21-16-33(17-21)22-13-12-20(15-28-22)24-30-25(38-32-24)19(14-23(34)31-36)11-7-10-18-8-5-4-6-9-18/h12-13,15,18-19,21,36H,4-11,14,16-17H2,1-3H3,(H,29,35)(H,31,34)/t19-/m1/s1. The normalized spacial score (nSPS) is 17.5. The van der Waals surface area contributed by atoms with Gasteiger partial charge in [0.2, 0.25) is 17.6 Å². The summed E-state index contributed by atoms with van der Waals surface area (Å²) in [6, 6.07) is 3.78. The van der Waals surface area contributed by atoms with Gasteiger partial charge in [-0.2, -0.15) is 4.98 Å². The first-order valence-electron chi connectivity index (χ1n) is 13.7. The van der Waals surface area contributed by atoms with Crippen LogP contribution in [0, 0.1) is 5.92 Å². The number of nitrogens with one attached hydrogen (secondary N) is 2. The van der Waals surface area contributed by atoms with Crippen molar-refractivity contribution in [2.24, 2.45) is 5.92 Å². The van der Waals surface area contributed by atoms with Crippen molar-refractivity contribution in [1.29, 1.82) is 0 Å². The molecular formula is C27H40N6O5. The predicted molar refractivity (Wildman–Crippen MR) is 141 cm³/mol. The number of alkyl carbamates (subject to hydrolysis) is 1. The van der Waals surface area contributed by atoms with E-state index in [-0.39, 0.29) is 18.4 Å². The van der Waals surface area contributed by atoms with Gasteiger partial charge in [-0.1, -0.05) is 50.1 Å². The summed E-state index contributed by atoms with van der Waals surface area (Å²) >= 11 is 0. The topological polar surface area (TPSA) is 143 Å². The average molecular weight is 529 g/mol. The molecule has 2 amide bonds. The van der Waals surface area contributed by atoms with Crippen molar-refractivity contribution in [1.82, 2.24) is 25.9 Å². The summed E-state index contributed by atoms with van der Waals surface area (Å²) in [5.74, 6) is 1.64. The molecule has 1 saturated heterocycles. The Kier molecular flexibility index (Phi) is 9.19. The summed E-state index contributed by atoms with van der Waals surface area (Å²) < 4.78 is 10.9. The highest BCUT2D eigenvalue weighted by molar-refractivity contribution is 5.75. The van der Waals surface area contributed by atoms with Crippen LogP contribution in [-0.4, -0.2) is 57.1 Å². The van der Waals surface area contributed by atoms with Gasteiger partial charge in [-0.25, -0.2) is 15.3 Å². The fraction of sp³-hybridized carbons (Fsp3) is 0.667. The highest BCUT2D eigenvalue weighted by Gasteiger charge is 2.31. The molecule has 4 rings (SSSR count). The van der Waals surface area contributed by atoms with Crippen LogP contribution in [-0.2, 0) is 9.53 Å². The monoisotopic (exact) mass is 528 g/mol. The highest BCUT2D eigenvalue weighted by Crippen LogP contribution is 2.32. The molecule has 2 aromatic heterocycles. The molecule has 3 heterocycles. The maximum Gasteiger partial charge on any atom is 0.407 e. The SMILES string of the molecule is CC(C)(C)OC(=O)NC1CN(c2ccc(-c3noc([C@H](CCCC4CCCCC4)CC(=O)NO)n3)cn2)C1. The molecule has 0 bridgehead atoms. The van der Waals surface area contributed by atoms with Crippen LogP contribution in [0.2, 0.25) is 0 Å². The van der Waals surface area contributed by atoms with E-state index in [1.807, 2.05) is 32.9 Å². The van der Waals surface area contributed by atoms with E-state index in [2.05, 4.69) is 25.3 Å². The number of hydrogen-bond acceptors (Lipinski definition) is 9. The largest absolute Gasteiger partial charge is 0.444 e. The van der Waals surface area contributed by atoms with Gasteiger partial charge in [0, 0.05) is 37.2 Å². The third-order valence-electron chi connectivity index (χ3n) is 7.17. The van der Waals surface area contributed by atoms with Gasteiger partial charge in [0.15, 0.2) is 0 Å². The minimum absolute atomic E-state index is 0.0114. The number of ether oxygens (including phenoxy) is 1. The molecule has 1 aliphatic carbocycles. The van der Waals surface area contributed by atoms with Gasteiger partial charge in [-0.15, -0.1) is 0 Å². The Hall–Kier alpha value is -3.21. The first kappa shape index (κ1) is 27.8. The number of hydrogen-bond donors (Lipinski definition) is 3. The van der Waals surface area contributed by atoms with Crippen LogP contribution in [0.3, 0.4) is 0 Å². The maximum atomic E-state index is 11.9. The Morgan fingerprint density at radius 2 is 1.97 bits per heavy atom. The van der Waals surface area contributed by atoms with Crippen molar-refractivity contribution in [2.45, 2.75) is 96.1 Å². The van der Waals surface area contributed by atoms with E-state index < -0.39 is 17.6 Å². The number of carbonyl (C=O) groups excluding carboxylic acids is 2. The summed E-state index contributed by atoms with van der Waals surface area (Å²) in [6.45, 7) is 6.80. The third kappa shape index (κ3) is 7.89. The van der Waals surface area contributed by atoms with Crippen molar-refractivity contribution in [2.75, 3.05) is 18.0 Å². The summed E-state index contributed by atoms with van der Waals surface area (Å²) in [6.07, 6.45) is 10.7. The smallest absolute Gasteiger partial charge is 0.407 e. The zero-order chi connectivity index (χ0) is 27.1. The quantitative estimate of drug-likeness (QED) is 0.298. The fourth-order valence-electron chi connectivity index (χ4n) is 5.17. The Labute approximate surface area is 223 Å². The highest BCUT2D eigenvalue weighted by atomic mass is 16.6. The van der Waals surface area contributed by atoms with Gasteiger partial charge in [0.1, 0.15) is 11.4 Å². The molecule has 208 valence electrons. The number of amides is 2. The van der Waals surface area contributed by atoms with Crippen LogP contribution in [0.5, 0.6) is 0 Å². The number of aromatic nitrogens is 3. The zero-order valence-corrected chi connectivity index (χ0v) is 22.6. The molecule has 0 radical (unpaired) electrons. The second-order valence-corrected chi connectivity index (χ2v) is 11.5. The van der Waals surface area contributed by atoms with Crippen molar-refractivity contribution < 1.29 is 24.1 Å². The van der Waals surface area contributed by atoms with E-state index >= 15 is 0 Å². The lowest BCUT2D eigenvalue weighted by Crippen LogP contribution is -2.60. The Bertz CT molecular complexity index is 1050. The van der Waals surface area contributed by atoms with E-state index in [0.717, 1.165) is 31.0 Å². The molecule has 2 fully saturated rings. The van der Waals surface area contributed by atoms with Gasteiger partial charge in [0.25, 0.3) is 0 Å². The van der Waals surface area contributed by atoms with E-state index in [1.54, 1.807) is 11.7 Å². The lowest BCUT2D eigenvalue weighted by atomic mass is 9.84. The second kappa shape index (κ2) is 12.6. The van der Waals surface area contributed by atoms with Crippen LogP contribution in [0.4, 0.5) is 10.6 Å². The first-order chi connectivity index (χ1) is 18.2. The van der Waals surface area contributed by atoms with Gasteiger partial charge in [0.05, 0.1) is 6.04 Å². The number of anilines is 1. The van der Waals surface area contributed by atoms with Crippen LogP contribution in [0.1, 0.15) is 90.4 Å². The van der Waals surface area contributed by atoms with Gasteiger partial charge in [-0.05, 0) is 45.2 Å². The first-order valence-corrected chi connectivity index (χ1v) is 13.7. The number of pyridine rings is 1. The number of carbonyl (C=O) groups is 2. The molecule has 2 aromatic rings. The van der Waals surface area contributed by atoms with E-state index in [0.29, 0.717) is 30.4 Å². The van der Waals surface area contributed by atoms with Gasteiger partial charge < -0.3 is 19.5 Å². The van der Waals surface area contributed by atoms with E-state index in [4.69, 9.17) is 14.5 Å². The molecule has 38 heavy (non-hydrogen) atoms. The summed E-state index contributed by atoms with van der Waals surface area (Å²) in [5.41, 5.74) is 1.90. The summed E-state index contributed by atoms with van der Waals surface area (Å²) in [5, 5.41) is 16.0. The average Bonchev–Trinajstić information content (AvgIpc) is 3.35. The van der Waals surface area contributed by atoms with E-state index in [9.17, 15) is 9.59 Å². The van der Waals surface area contributed by atoms with Crippen molar-refractivity contribution in [3.8, 4) is 11.4 Å².